The number of carbonyl (C=O) groups is 2. The molecule has 1 aromatic heterocycles. The van der Waals surface area contributed by atoms with E-state index in [1.165, 1.54) is 11.3 Å². The van der Waals surface area contributed by atoms with Gasteiger partial charge in [-0.15, -0.1) is 0 Å². The summed E-state index contributed by atoms with van der Waals surface area (Å²) in [6.45, 7) is 4.09. The van der Waals surface area contributed by atoms with Crippen molar-refractivity contribution in [3.8, 4) is 0 Å². The van der Waals surface area contributed by atoms with Gasteiger partial charge in [0.25, 0.3) is 0 Å². The number of nitrogens with one attached hydrogen (secondary N) is 1. The van der Waals surface area contributed by atoms with Gasteiger partial charge in [-0.2, -0.15) is 0 Å². The quantitative estimate of drug-likeness (QED) is 0.834. The topological polar surface area (TPSA) is 76.3 Å². The third kappa shape index (κ3) is 2.37. The van der Waals surface area contributed by atoms with Crippen LogP contribution in [0.5, 0.6) is 0 Å². The van der Waals surface area contributed by atoms with Gasteiger partial charge in [0, 0.05) is 33.7 Å². The Morgan fingerprint density at radius 2 is 2.00 bits per heavy atom. The van der Waals surface area contributed by atoms with Crippen LogP contribution in [0.15, 0.2) is 16.9 Å². The molecule has 2 aromatic rings. The lowest BCUT2D eigenvalue weighted by molar-refractivity contribution is -0.135. The van der Waals surface area contributed by atoms with E-state index >= 15 is 0 Å². The van der Waals surface area contributed by atoms with Crippen LogP contribution in [-0.4, -0.2) is 34.0 Å². The number of amides is 2. The molecule has 3 heterocycles. The number of anilines is 1. The fourth-order valence-electron chi connectivity index (χ4n) is 4.07. The molecule has 1 atom stereocenters. The minimum atomic E-state index is -0.627. The van der Waals surface area contributed by atoms with Gasteiger partial charge in [0.2, 0.25) is 11.8 Å². The smallest absolute Gasteiger partial charge is 0.329 e. The molecule has 4 rings (SSSR count). The Morgan fingerprint density at radius 3 is 2.72 bits per heavy atom. The number of hydrogen-bond donors (Lipinski definition) is 1. The molecule has 1 N–H and O–H groups in total. The van der Waals surface area contributed by atoms with Gasteiger partial charge in [-0.05, 0) is 43.9 Å². The van der Waals surface area contributed by atoms with E-state index in [9.17, 15) is 14.4 Å². The number of nitrogens with zero attached hydrogens (tertiary/aromatic N) is 3. The molecule has 0 spiro atoms. The summed E-state index contributed by atoms with van der Waals surface area (Å²) in [6, 6.07) is 3.49. The number of rotatable bonds is 2. The van der Waals surface area contributed by atoms with Crippen molar-refractivity contribution in [1.82, 2.24) is 14.5 Å². The van der Waals surface area contributed by atoms with Crippen molar-refractivity contribution < 1.29 is 11.0 Å². The van der Waals surface area contributed by atoms with E-state index in [1.807, 2.05) is 0 Å². The van der Waals surface area contributed by atoms with E-state index in [4.69, 9.17) is 0 Å². The molecule has 1 saturated heterocycles. The second-order valence-corrected chi connectivity index (χ2v) is 6.83. The second kappa shape index (κ2) is 5.75. The van der Waals surface area contributed by atoms with Crippen LogP contribution >= 0.6 is 0 Å². The number of fused-ring (bicyclic) bond motifs is 2. The molecular formula is C18H24N4O3. The largest absolute Gasteiger partial charge is 0.372 e. The SMILES string of the molecule is CCN1CCCc2cc3c(cc21)n(C)c(=O)n3C1CCC(=O)NC1=O.[HH]. The fraction of sp³-hybridized carbons (Fsp3) is 0.500. The van der Waals surface area contributed by atoms with Crippen LogP contribution in [0.1, 0.15) is 39.2 Å². The van der Waals surface area contributed by atoms with Crippen LogP contribution in [0, 0.1) is 0 Å². The third-order valence-electron chi connectivity index (χ3n) is 5.41. The summed E-state index contributed by atoms with van der Waals surface area (Å²) in [5.74, 6) is -0.663. The minimum absolute atomic E-state index is 0. The molecule has 0 bridgehead atoms. The molecule has 7 nitrogen and oxygen atoms in total. The summed E-state index contributed by atoms with van der Waals surface area (Å²) < 4.78 is 3.16. The molecule has 0 radical (unpaired) electrons. The van der Waals surface area contributed by atoms with Crippen LogP contribution in [0.3, 0.4) is 0 Å². The van der Waals surface area contributed by atoms with Crippen LogP contribution in [0.25, 0.3) is 11.0 Å². The zero-order valence-corrected chi connectivity index (χ0v) is 14.5. The van der Waals surface area contributed by atoms with Gasteiger partial charge >= 0.3 is 5.69 Å². The number of imide groups is 1. The first-order valence-corrected chi connectivity index (χ1v) is 8.83. The maximum absolute atomic E-state index is 12.8. The number of hydrogen-bond acceptors (Lipinski definition) is 4. The van der Waals surface area contributed by atoms with E-state index in [0.29, 0.717) is 6.42 Å². The highest BCUT2D eigenvalue weighted by atomic mass is 16.2. The molecule has 134 valence electrons. The molecular weight excluding hydrogens is 320 g/mol. The summed E-state index contributed by atoms with van der Waals surface area (Å²) >= 11 is 0. The van der Waals surface area contributed by atoms with Crippen molar-refractivity contribution >= 4 is 28.5 Å². The summed E-state index contributed by atoms with van der Waals surface area (Å²) in [7, 11) is 1.73. The molecule has 25 heavy (non-hydrogen) atoms. The number of piperidine rings is 1. The average Bonchev–Trinajstić information content (AvgIpc) is 2.84. The van der Waals surface area contributed by atoms with Crippen molar-refractivity contribution in [3.63, 3.8) is 0 Å². The lowest BCUT2D eigenvalue weighted by atomic mass is 10.00. The molecule has 2 aliphatic rings. The van der Waals surface area contributed by atoms with Gasteiger partial charge in [0.1, 0.15) is 6.04 Å². The molecule has 1 fully saturated rings. The second-order valence-electron chi connectivity index (χ2n) is 6.83. The molecule has 0 aliphatic carbocycles. The Hall–Kier alpha value is -2.57. The number of aromatic nitrogens is 2. The van der Waals surface area contributed by atoms with Crippen molar-refractivity contribution in [2.75, 3.05) is 18.0 Å². The Balaban J connectivity index is 0.00000196. The molecule has 0 saturated carbocycles. The Morgan fingerprint density at radius 1 is 1.20 bits per heavy atom. The number of benzene rings is 1. The van der Waals surface area contributed by atoms with Crippen LogP contribution in [0.4, 0.5) is 5.69 Å². The van der Waals surface area contributed by atoms with Gasteiger partial charge in [-0.3, -0.25) is 24.0 Å². The highest BCUT2D eigenvalue weighted by Crippen LogP contribution is 2.32. The summed E-state index contributed by atoms with van der Waals surface area (Å²) in [6.07, 6.45) is 2.68. The van der Waals surface area contributed by atoms with E-state index in [1.54, 1.807) is 16.2 Å². The van der Waals surface area contributed by atoms with Crippen molar-refractivity contribution in [2.45, 2.75) is 38.6 Å². The maximum atomic E-state index is 12.8. The predicted molar refractivity (Wildman–Crippen MR) is 96.9 cm³/mol. The zero-order chi connectivity index (χ0) is 17.7. The number of aryl methyl sites for hydroxylation is 2. The Kier molecular flexibility index (Phi) is 3.67. The summed E-state index contributed by atoms with van der Waals surface area (Å²) in [5, 5.41) is 2.35. The number of carbonyl (C=O) groups excluding carboxylic acids is 2. The van der Waals surface area contributed by atoms with Crippen molar-refractivity contribution in [3.05, 3.63) is 28.2 Å². The van der Waals surface area contributed by atoms with Gasteiger partial charge in [-0.1, -0.05) is 0 Å². The van der Waals surface area contributed by atoms with Crippen molar-refractivity contribution in [1.29, 1.82) is 0 Å². The minimum Gasteiger partial charge on any atom is -0.372 e. The highest BCUT2D eigenvalue weighted by Gasteiger charge is 2.32. The summed E-state index contributed by atoms with van der Waals surface area (Å²) in [5.41, 5.74) is 3.78. The summed E-state index contributed by atoms with van der Waals surface area (Å²) in [4.78, 5) is 38.9. The van der Waals surface area contributed by atoms with Crippen LogP contribution in [-0.2, 0) is 23.1 Å². The third-order valence-corrected chi connectivity index (χ3v) is 5.41. The van der Waals surface area contributed by atoms with Gasteiger partial charge in [0.05, 0.1) is 11.0 Å². The monoisotopic (exact) mass is 344 g/mol. The van der Waals surface area contributed by atoms with Crippen LogP contribution < -0.4 is 15.9 Å². The lowest BCUT2D eigenvalue weighted by Crippen LogP contribution is -2.44. The molecule has 2 aliphatic heterocycles. The van der Waals surface area contributed by atoms with Gasteiger partial charge < -0.3 is 4.90 Å². The maximum Gasteiger partial charge on any atom is 0.329 e. The van der Waals surface area contributed by atoms with E-state index < -0.39 is 11.9 Å². The Bertz CT molecular complexity index is 946. The molecule has 2 amide bonds. The first kappa shape index (κ1) is 15.9. The van der Waals surface area contributed by atoms with E-state index in [2.05, 4.69) is 29.3 Å². The van der Waals surface area contributed by atoms with Gasteiger partial charge in [-0.25, -0.2) is 4.79 Å². The standard InChI is InChI=1S/C18H22N4O3.H2/c1-3-21-8-4-5-11-9-15-14(10-13(11)21)20(2)18(25)22(15)12-6-7-16(23)19-17(12)24;/h9-10,12H,3-8H2,1-2H3,(H,19,23,24);1H. The Labute approximate surface area is 146 Å². The van der Waals surface area contributed by atoms with Crippen LogP contribution in [0.2, 0.25) is 0 Å². The van der Waals surface area contributed by atoms with E-state index in [-0.39, 0.29) is 19.4 Å². The van der Waals surface area contributed by atoms with Crippen molar-refractivity contribution in [2.24, 2.45) is 7.05 Å². The predicted octanol–water partition coefficient (Wildman–Crippen LogP) is 1.34. The lowest BCUT2D eigenvalue weighted by Gasteiger charge is -2.30. The number of imidazole rings is 1. The average molecular weight is 344 g/mol. The molecule has 1 unspecified atom stereocenters. The zero-order valence-electron chi connectivity index (χ0n) is 14.5. The van der Waals surface area contributed by atoms with E-state index in [0.717, 1.165) is 37.0 Å². The molecule has 1 aromatic carbocycles. The van der Waals surface area contributed by atoms with Gasteiger partial charge in [0.15, 0.2) is 0 Å². The first-order valence-electron chi connectivity index (χ1n) is 8.83. The highest BCUT2D eigenvalue weighted by molar-refractivity contribution is 6.00. The fourth-order valence-corrected chi connectivity index (χ4v) is 4.07. The normalized spacial score (nSPS) is 20.7. The molecule has 7 heteroatoms. The first-order chi connectivity index (χ1) is 12.0.